The van der Waals surface area contributed by atoms with Crippen LogP contribution in [0.2, 0.25) is 0 Å². The van der Waals surface area contributed by atoms with E-state index in [0.717, 1.165) is 74.5 Å². The molecule has 5 rings (SSSR count). The highest BCUT2D eigenvalue weighted by Crippen LogP contribution is 2.33. The molecule has 0 unspecified atom stereocenters. The quantitative estimate of drug-likeness (QED) is 0.668. The van der Waals surface area contributed by atoms with Crippen molar-refractivity contribution in [3.05, 3.63) is 42.9 Å². The van der Waals surface area contributed by atoms with Gasteiger partial charge in [0.1, 0.15) is 17.5 Å². The van der Waals surface area contributed by atoms with E-state index in [0.29, 0.717) is 0 Å². The summed E-state index contributed by atoms with van der Waals surface area (Å²) >= 11 is 0. The van der Waals surface area contributed by atoms with Gasteiger partial charge in [0, 0.05) is 43.3 Å². The number of rotatable bonds is 5. The molecule has 0 bridgehead atoms. The maximum atomic E-state index is 12.2. The van der Waals surface area contributed by atoms with E-state index in [4.69, 9.17) is 13.9 Å². The van der Waals surface area contributed by atoms with E-state index in [1.54, 1.807) is 12.4 Å². The molecule has 1 aliphatic carbocycles. The van der Waals surface area contributed by atoms with Gasteiger partial charge >= 0.3 is 5.91 Å². The molecule has 1 saturated carbocycles. The molecule has 0 radical (unpaired) electrons. The fraction of sp³-hybridized carbons (Fsp3) is 0.455. The van der Waals surface area contributed by atoms with E-state index in [1.165, 1.54) is 12.5 Å². The standard InChI is InChI=1S/C22H25N5O4/c28-21(22-25-7-10-30-22)26-15-1-3-17(4-2-15)31-19-14-16(27-8-11-29-12-9-27)13-18-20(19)24-6-5-23-18/h5-7,10,13-15,17H,1-4,8-9,11-12H2,(H,26,28). The summed E-state index contributed by atoms with van der Waals surface area (Å²) in [5.41, 5.74) is 2.69. The number of anilines is 1. The van der Waals surface area contributed by atoms with Crippen molar-refractivity contribution in [2.24, 2.45) is 0 Å². The molecule has 0 atom stereocenters. The first-order valence-corrected chi connectivity index (χ1v) is 10.7. The zero-order chi connectivity index (χ0) is 21.0. The lowest BCUT2D eigenvalue weighted by Crippen LogP contribution is -2.39. The predicted molar refractivity (Wildman–Crippen MR) is 113 cm³/mol. The molecule has 9 heteroatoms. The van der Waals surface area contributed by atoms with Crippen LogP contribution in [0, 0.1) is 0 Å². The van der Waals surface area contributed by atoms with E-state index < -0.39 is 0 Å². The van der Waals surface area contributed by atoms with Gasteiger partial charge in [-0.05, 0) is 31.7 Å². The zero-order valence-electron chi connectivity index (χ0n) is 17.2. The summed E-state index contributed by atoms with van der Waals surface area (Å²) in [5, 5.41) is 3.00. The van der Waals surface area contributed by atoms with Crippen LogP contribution < -0.4 is 15.0 Å². The van der Waals surface area contributed by atoms with Crippen LogP contribution in [0.3, 0.4) is 0 Å². The van der Waals surface area contributed by atoms with Crippen molar-refractivity contribution in [2.75, 3.05) is 31.2 Å². The third-order valence-electron chi connectivity index (χ3n) is 5.83. The third kappa shape index (κ3) is 4.46. The number of carbonyl (C=O) groups is 1. The van der Waals surface area contributed by atoms with Crippen molar-refractivity contribution in [2.45, 2.75) is 37.8 Å². The maximum absolute atomic E-state index is 12.2. The van der Waals surface area contributed by atoms with Gasteiger partial charge in [-0.3, -0.25) is 9.78 Å². The van der Waals surface area contributed by atoms with E-state index in [2.05, 4.69) is 37.3 Å². The molecule has 3 aromatic rings. The first-order chi connectivity index (χ1) is 15.3. The molecule has 31 heavy (non-hydrogen) atoms. The van der Waals surface area contributed by atoms with Crippen molar-refractivity contribution >= 4 is 22.6 Å². The molecule has 162 valence electrons. The summed E-state index contributed by atoms with van der Waals surface area (Å²) in [6, 6.07) is 4.23. The molecule has 1 aromatic carbocycles. The summed E-state index contributed by atoms with van der Waals surface area (Å²) in [7, 11) is 0. The highest BCUT2D eigenvalue weighted by atomic mass is 16.5. The number of aromatic nitrogens is 3. The Bertz CT molecular complexity index is 1030. The number of ether oxygens (including phenoxy) is 2. The van der Waals surface area contributed by atoms with Gasteiger partial charge in [-0.2, -0.15) is 0 Å². The Labute approximate surface area is 179 Å². The normalized spacial score (nSPS) is 21.7. The first kappa shape index (κ1) is 19.7. The lowest BCUT2D eigenvalue weighted by molar-refractivity contribution is 0.0861. The largest absolute Gasteiger partial charge is 0.488 e. The second-order valence-electron chi connectivity index (χ2n) is 7.87. The number of morpholine rings is 1. The smallest absolute Gasteiger partial charge is 0.307 e. The molecule has 1 amide bonds. The fourth-order valence-corrected chi connectivity index (χ4v) is 4.21. The van der Waals surface area contributed by atoms with Gasteiger partial charge in [0.15, 0.2) is 0 Å². The minimum atomic E-state index is -0.270. The molecular weight excluding hydrogens is 398 g/mol. The van der Waals surface area contributed by atoms with Crippen LogP contribution in [-0.2, 0) is 4.74 Å². The second kappa shape index (κ2) is 8.89. The van der Waals surface area contributed by atoms with Crippen molar-refractivity contribution in [3.8, 4) is 5.75 Å². The Morgan fingerprint density at radius 2 is 1.84 bits per heavy atom. The summed E-state index contributed by atoms with van der Waals surface area (Å²) in [6.45, 7) is 3.14. The van der Waals surface area contributed by atoms with Crippen molar-refractivity contribution in [3.63, 3.8) is 0 Å². The van der Waals surface area contributed by atoms with Crippen molar-refractivity contribution in [1.82, 2.24) is 20.3 Å². The molecule has 2 fully saturated rings. The van der Waals surface area contributed by atoms with Gasteiger partial charge in [-0.25, -0.2) is 9.97 Å². The number of nitrogens with zero attached hydrogens (tertiary/aromatic N) is 4. The topological polar surface area (TPSA) is 103 Å². The molecule has 2 aromatic heterocycles. The van der Waals surface area contributed by atoms with E-state index in [9.17, 15) is 4.79 Å². The van der Waals surface area contributed by atoms with Crippen molar-refractivity contribution in [1.29, 1.82) is 0 Å². The Kier molecular flexibility index (Phi) is 5.66. The lowest BCUT2D eigenvalue weighted by Gasteiger charge is -2.31. The minimum absolute atomic E-state index is 0.0695. The van der Waals surface area contributed by atoms with Crippen molar-refractivity contribution < 1.29 is 18.7 Å². The molecule has 1 N–H and O–H groups in total. The average Bonchev–Trinajstić information content (AvgIpc) is 3.36. The Morgan fingerprint density at radius 3 is 2.61 bits per heavy atom. The molecule has 1 aliphatic heterocycles. The van der Waals surface area contributed by atoms with Crippen LogP contribution in [0.5, 0.6) is 5.75 Å². The second-order valence-corrected chi connectivity index (χ2v) is 7.87. The van der Waals surface area contributed by atoms with E-state index >= 15 is 0 Å². The fourth-order valence-electron chi connectivity index (χ4n) is 4.21. The average molecular weight is 423 g/mol. The monoisotopic (exact) mass is 423 g/mol. The number of nitrogens with one attached hydrogen (secondary N) is 1. The predicted octanol–water partition coefficient (Wildman–Crippen LogP) is 2.57. The third-order valence-corrected chi connectivity index (χ3v) is 5.83. The van der Waals surface area contributed by atoms with Gasteiger partial charge in [-0.15, -0.1) is 0 Å². The maximum Gasteiger partial charge on any atom is 0.307 e. The SMILES string of the molecule is O=C(NC1CCC(Oc2cc(N3CCOCC3)cc3nccnc23)CC1)c1ncco1. The van der Waals surface area contributed by atoms with Gasteiger partial charge in [0.05, 0.1) is 31.0 Å². The zero-order valence-corrected chi connectivity index (χ0v) is 17.2. The molecule has 0 spiro atoms. The Morgan fingerprint density at radius 1 is 1.03 bits per heavy atom. The van der Waals surface area contributed by atoms with Crippen LogP contribution in [0.15, 0.2) is 41.4 Å². The molecular formula is C22H25N5O4. The molecule has 9 nitrogen and oxygen atoms in total. The van der Waals surface area contributed by atoms with Gasteiger partial charge in [0.2, 0.25) is 0 Å². The lowest BCUT2D eigenvalue weighted by atomic mass is 9.93. The molecule has 3 heterocycles. The number of amides is 1. The summed E-state index contributed by atoms with van der Waals surface area (Å²) in [4.78, 5) is 27.4. The minimum Gasteiger partial charge on any atom is -0.488 e. The number of hydrogen-bond donors (Lipinski definition) is 1. The summed E-state index contributed by atoms with van der Waals surface area (Å²) in [6.07, 6.45) is 9.71. The highest BCUT2D eigenvalue weighted by Gasteiger charge is 2.26. The molecule has 2 aliphatic rings. The number of oxazole rings is 1. The number of hydrogen-bond acceptors (Lipinski definition) is 8. The molecule has 1 saturated heterocycles. The number of benzene rings is 1. The Hall–Kier alpha value is -3.20. The van der Waals surface area contributed by atoms with Gasteiger partial charge in [-0.1, -0.05) is 0 Å². The van der Waals surface area contributed by atoms with Crippen LogP contribution in [-0.4, -0.2) is 59.3 Å². The number of fused-ring (bicyclic) bond motifs is 1. The summed E-state index contributed by atoms with van der Waals surface area (Å²) in [5.74, 6) is 0.594. The van der Waals surface area contributed by atoms with Gasteiger partial charge < -0.3 is 24.1 Å². The van der Waals surface area contributed by atoms with Crippen LogP contribution in [0.25, 0.3) is 11.0 Å². The van der Waals surface area contributed by atoms with Gasteiger partial charge in [0.25, 0.3) is 5.89 Å². The van der Waals surface area contributed by atoms with Crippen LogP contribution in [0.1, 0.15) is 36.4 Å². The Balaban J connectivity index is 1.26. The first-order valence-electron chi connectivity index (χ1n) is 10.7. The van der Waals surface area contributed by atoms with E-state index in [-0.39, 0.29) is 23.9 Å². The van der Waals surface area contributed by atoms with E-state index in [1.807, 2.05) is 0 Å². The van der Waals surface area contributed by atoms with Crippen LogP contribution in [0.4, 0.5) is 5.69 Å². The summed E-state index contributed by atoms with van der Waals surface area (Å²) < 4.78 is 17.0. The number of carbonyl (C=O) groups excluding carboxylic acids is 1. The van der Waals surface area contributed by atoms with Crippen LogP contribution >= 0.6 is 0 Å². The highest BCUT2D eigenvalue weighted by molar-refractivity contribution is 5.89.